The van der Waals surface area contributed by atoms with E-state index >= 15 is 0 Å². The number of rotatable bonds is 3. The molecule has 1 aromatic rings. The van der Waals surface area contributed by atoms with Gasteiger partial charge in [-0.15, -0.1) is 0 Å². The number of carbonyl (C=O) groups excluding carboxylic acids is 2. The molecule has 0 aliphatic rings. The minimum atomic E-state index is -0.416. The van der Waals surface area contributed by atoms with E-state index in [4.69, 9.17) is 4.74 Å². The zero-order chi connectivity index (χ0) is 11.4. The van der Waals surface area contributed by atoms with Crippen molar-refractivity contribution in [2.45, 2.75) is 13.8 Å². The van der Waals surface area contributed by atoms with Crippen LogP contribution in [0.15, 0.2) is 24.8 Å². The Hall–Kier alpha value is -1.90. The van der Waals surface area contributed by atoms with Crippen LogP contribution in [0.4, 0.5) is 0 Å². The standard InChI is InChI=1S/C12H12O3/c1-8-4-5-11(9(2)7-13)12(6-8)15-10(3)14/h4-7H,2H2,1,3H3. The Morgan fingerprint density at radius 1 is 1.47 bits per heavy atom. The van der Waals surface area contributed by atoms with Gasteiger partial charge in [0, 0.05) is 18.1 Å². The number of aryl methyl sites for hydroxylation is 1. The van der Waals surface area contributed by atoms with Gasteiger partial charge in [0.15, 0.2) is 0 Å². The van der Waals surface area contributed by atoms with Crippen molar-refractivity contribution in [3.05, 3.63) is 35.9 Å². The number of hydrogen-bond acceptors (Lipinski definition) is 3. The number of allylic oxidation sites excluding steroid dienone is 1. The molecule has 0 amide bonds. The zero-order valence-electron chi connectivity index (χ0n) is 8.74. The van der Waals surface area contributed by atoms with Crippen molar-refractivity contribution < 1.29 is 14.3 Å². The van der Waals surface area contributed by atoms with Crippen LogP contribution in [0.5, 0.6) is 5.75 Å². The highest BCUT2D eigenvalue weighted by atomic mass is 16.5. The molecule has 3 heteroatoms. The van der Waals surface area contributed by atoms with Gasteiger partial charge in [-0.2, -0.15) is 0 Å². The van der Waals surface area contributed by atoms with Crippen molar-refractivity contribution in [2.24, 2.45) is 0 Å². The van der Waals surface area contributed by atoms with Crippen LogP contribution in [-0.2, 0) is 9.59 Å². The molecule has 0 aliphatic heterocycles. The van der Waals surface area contributed by atoms with Crippen LogP contribution in [0.3, 0.4) is 0 Å². The third-order valence-corrected chi connectivity index (χ3v) is 1.88. The molecule has 0 N–H and O–H groups in total. The van der Waals surface area contributed by atoms with Gasteiger partial charge in [-0.05, 0) is 18.6 Å². The van der Waals surface area contributed by atoms with Gasteiger partial charge >= 0.3 is 5.97 Å². The van der Waals surface area contributed by atoms with Crippen LogP contribution < -0.4 is 4.74 Å². The van der Waals surface area contributed by atoms with E-state index in [0.29, 0.717) is 23.2 Å². The topological polar surface area (TPSA) is 43.4 Å². The molecule has 0 atom stereocenters. The maximum absolute atomic E-state index is 10.8. The number of hydrogen-bond donors (Lipinski definition) is 0. The third-order valence-electron chi connectivity index (χ3n) is 1.88. The van der Waals surface area contributed by atoms with E-state index in [0.717, 1.165) is 5.56 Å². The summed E-state index contributed by atoms with van der Waals surface area (Å²) in [6, 6.07) is 5.24. The van der Waals surface area contributed by atoms with E-state index < -0.39 is 5.97 Å². The van der Waals surface area contributed by atoms with Gasteiger partial charge in [0.2, 0.25) is 0 Å². The Labute approximate surface area is 88.4 Å². The van der Waals surface area contributed by atoms with Crippen molar-refractivity contribution >= 4 is 17.8 Å². The molecule has 0 aromatic heterocycles. The fourth-order valence-electron chi connectivity index (χ4n) is 1.20. The lowest BCUT2D eigenvalue weighted by Gasteiger charge is -2.08. The van der Waals surface area contributed by atoms with Crippen molar-refractivity contribution in [1.82, 2.24) is 0 Å². The Morgan fingerprint density at radius 2 is 2.13 bits per heavy atom. The molecular weight excluding hydrogens is 192 g/mol. The van der Waals surface area contributed by atoms with E-state index in [-0.39, 0.29) is 0 Å². The Balaban J connectivity index is 3.19. The van der Waals surface area contributed by atoms with Crippen molar-refractivity contribution in [3.8, 4) is 5.75 Å². The summed E-state index contributed by atoms with van der Waals surface area (Å²) in [4.78, 5) is 21.4. The second kappa shape index (κ2) is 4.55. The molecule has 0 radical (unpaired) electrons. The molecule has 0 aliphatic carbocycles. The maximum atomic E-state index is 10.8. The molecule has 0 saturated carbocycles. The summed E-state index contributed by atoms with van der Waals surface area (Å²) in [6.07, 6.45) is 0.637. The Kier molecular flexibility index (Phi) is 3.39. The molecule has 3 nitrogen and oxygen atoms in total. The predicted octanol–water partition coefficient (Wildman–Crippen LogP) is 2.13. The van der Waals surface area contributed by atoms with Crippen LogP contribution in [0.1, 0.15) is 18.1 Å². The van der Waals surface area contributed by atoms with Gasteiger partial charge in [0.05, 0.1) is 0 Å². The largest absolute Gasteiger partial charge is 0.426 e. The summed E-state index contributed by atoms with van der Waals surface area (Å²) in [5.41, 5.74) is 1.80. The summed E-state index contributed by atoms with van der Waals surface area (Å²) in [5, 5.41) is 0. The van der Waals surface area contributed by atoms with E-state index in [1.807, 2.05) is 13.0 Å². The normalized spacial score (nSPS) is 9.47. The molecule has 0 saturated heterocycles. The molecule has 1 rings (SSSR count). The smallest absolute Gasteiger partial charge is 0.308 e. The Morgan fingerprint density at radius 3 is 2.67 bits per heavy atom. The number of esters is 1. The molecule has 1 aromatic carbocycles. The van der Waals surface area contributed by atoms with Crippen LogP contribution in [-0.4, -0.2) is 12.3 Å². The van der Waals surface area contributed by atoms with E-state index in [1.165, 1.54) is 6.92 Å². The lowest BCUT2D eigenvalue weighted by atomic mass is 10.1. The van der Waals surface area contributed by atoms with Crippen LogP contribution in [0.2, 0.25) is 0 Å². The van der Waals surface area contributed by atoms with E-state index in [2.05, 4.69) is 6.58 Å². The fraction of sp³-hybridized carbons (Fsp3) is 0.167. The lowest BCUT2D eigenvalue weighted by Crippen LogP contribution is -2.04. The highest BCUT2D eigenvalue weighted by Gasteiger charge is 2.08. The predicted molar refractivity (Wildman–Crippen MR) is 57.6 cm³/mol. The average molecular weight is 204 g/mol. The molecule has 0 spiro atoms. The van der Waals surface area contributed by atoms with Crippen molar-refractivity contribution in [3.63, 3.8) is 0 Å². The molecule has 0 fully saturated rings. The summed E-state index contributed by atoms with van der Waals surface area (Å²) in [6.45, 7) is 6.77. The van der Waals surface area contributed by atoms with Crippen LogP contribution >= 0.6 is 0 Å². The average Bonchev–Trinajstić information content (AvgIpc) is 2.16. The highest BCUT2D eigenvalue weighted by molar-refractivity contribution is 6.07. The van der Waals surface area contributed by atoms with Gasteiger partial charge in [-0.1, -0.05) is 18.7 Å². The number of aldehydes is 1. The second-order valence-corrected chi connectivity index (χ2v) is 3.24. The number of benzene rings is 1. The summed E-state index contributed by atoms with van der Waals surface area (Å²) in [7, 11) is 0. The maximum Gasteiger partial charge on any atom is 0.308 e. The quantitative estimate of drug-likeness (QED) is 0.328. The van der Waals surface area contributed by atoms with Gasteiger partial charge < -0.3 is 4.74 Å². The first-order valence-corrected chi connectivity index (χ1v) is 4.48. The van der Waals surface area contributed by atoms with Crippen molar-refractivity contribution in [1.29, 1.82) is 0 Å². The van der Waals surface area contributed by atoms with Gasteiger partial charge in [0.1, 0.15) is 12.0 Å². The molecule has 0 bridgehead atoms. The lowest BCUT2D eigenvalue weighted by molar-refractivity contribution is -0.131. The number of ether oxygens (including phenoxy) is 1. The second-order valence-electron chi connectivity index (χ2n) is 3.24. The van der Waals surface area contributed by atoms with Crippen LogP contribution in [0.25, 0.3) is 5.57 Å². The monoisotopic (exact) mass is 204 g/mol. The SMILES string of the molecule is C=C(C=O)c1ccc(C)cc1OC(C)=O. The van der Waals surface area contributed by atoms with Gasteiger partial charge in [0.25, 0.3) is 0 Å². The number of carbonyl (C=O) groups is 2. The minimum absolute atomic E-state index is 0.297. The zero-order valence-corrected chi connectivity index (χ0v) is 8.74. The molecule has 0 heterocycles. The summed E-state index contributed by atoms with van der Waals surface area (Å²) in [5.74, 6) is -0.0415. The minimum Gasteiger partial charge on any atom is -0.426 e. The van der Waals surface area contributed by atoms with Gasteiger partial charge in [-0.25, -0.2) is 0 Å². The third kappa shape index (κ3) is 2.77. The first kappa shape index (κ1) is 11.2. The summed E-state index contributed by atoms with van der Waals surface area (Å²) < 4.78 is 4.99. The molecule has 78 valence electrons. The molecule has 0 unspecified atom stereocenters. The van der Waals surface area contributed by atoms with E-state index in [9.17, 15) is 9.59 Å². The molecule has 15 heavy (non-hydrogen) atoms. The van der Waals surface area contributed by atoms with E-state index in [1.54, 1.807) is 12.1 Å². The summed E-state index contributed by atoms with van der Waals surface area (Å²) >= 11 is 0. The fourth-order valence-corrected chi connectivity index (χ4v) is 1.20. The highest BCUT2D eigenvalue weighted by Crippen LogP contribution is 2.25. The first-order valence-electron chi connectivity index (χ1n) is 4.48. The van der Waals surface area contributed by atoms with Crippen LogP contribution in [0, 0.1) is 6.92 Å². The van der Waals surface area contributed by atoms with Gasteiger partial charge in [-0.3, -0.25) is 9.59 Å². The Bertz CT molecular complexity index is 419. The first-order chi connectivity index (χ1) is 7.04. The molecular formula is C12H12O3. The van der Waals surface area contributed by atoms with Crippen molar-refractivity contribution in [2.75, 3.05) is 0 Å².